The first-order chi connectivity index (χ1) is 16.7. The zero-order valence-corrected chi connectivity index (χ0v) is 22.7. The molecule has 194 valence electrons. The number of hydrogen-bond donors (Lipinski definition) is 0. The van der Waals surface area contributed by atoms with Crippen molar-refractivity contribution < 1.29 is 19.2 Å². The van der Waals surface area contributed by atoms with Crippen molar-refractivity contribution in [3.63, 3.8) is 0 Å². The normalized spacial score (nSPS) is 19.3. The topological polar surface area (TPSA) is 68.3 Å². The summed E-state index contributed by atoms with van der Waals surface area (Å²) in [5.41, 5.74) is 3.14. The van der Waals surface area contributed by atoms with Crippen molar-refractivity contribution in [3.05, 3.63) is 34.9 Å². The molecule has 0 aliphatic heterocycles. The number of Topliss-reactive ketones (excluding diaryl/α,β-unsaturated/α-hetero) is 4. The number of rotatable bonds is 11. The van der Waals surface area contributed by atoms with E-state index >= 15 is 0 Å². The largest absolute Gasteiger partial charge is 0.300 e. The first-order valence-corrected chi connectivity index (χ1v) is 13.8. The molecule has 0 radical (unpaired) electrons. The van der Waals surface area contributed by atoms with E-state index in [4.69, 9.17) is 0 Å². The first kappa shape index (κ1) is 29.1. The van der Waals surface area contributed by atoms with Crippen LogP contribution >= 0.6 is 0 Å². The van der Waals surface area contributed by atoms with Crippen LogP contribution in [-0.4, -0.2) is 23.1 Å². The van der Waals surface area contributed by atoms with Gasteiger partial charge in [0.1, 0.15) is 17.3 Å². The Morgan fingerprint density at radius 1 is 0.971 bits per heavy atom. The highest BCUT2D eigenvalue weighted by Crippen LogP contribution is 2.36. The molecule has 0 saturated heterocycles. The van der Waals surface area contributed by atoms with Gasteiger partial charge in [-0.1, -0.05) is 70.6 Å². The molecule has 0 spiro atoms. The summed E-state index contributed by atoms with van der Waals surface area (Å²) in [6, 6.07) is 6.10. The minimum absolute atomic E-state index is 0.0460. The van der Waals surface area contributed by atoms with Gasteiger partial charge in [0.25, 0.3) is 0 Å². The summed E-state index contributed by atoms with van der Waals surface area (Å²) >= 11 is 0. The Morgan fingerprint density at radius 3 is 2.23 bits per heavy atom. The van der Waals surface area contributed by atoms with Crippen LogP contribution in [0.3, 0.4) is 0 Å². The highest BCUT2D eigenvalue weighted by Gasteiger charge is 2.32. The van der Waals surface area contributed by atoms with Gasteiger partial charge >= 0.3 is 0 Å². The van der Waals surface area contributed by atoms with Crippen LogP contribution in [0.25, 0.3) is 0 Å². The second-order valence-electron chi connectivity index (χ2n) is 11.0. The average Bonchev–Trinajstić information content (AvgIpc) is 3.26. The number of carbonyl (C=O) groups excluding carboxylic acids is 4. The van der Waals surface area contributed by atoms with Crippen molar-refractivity contribution in [2.24, 2.45) is 23.7 Å². The van der Waals surface area contributed by atoms with Gasteiger partial charge in [-0.05, 0) is 68.9 Å². The standard InChI is InChI=1S/C23H32O3.C8H14O/c1-5-8-18(20(6-2)21(25)11-16(4)24)12-17-13-19-10-7-9-15(3)23(19)22(26)14-17;1-7(9)6-8-4-2-3-5-8/h7,9-10,17-18,20H,5-6,8,11-14H2,1-4H3;8H,2-6H2,1H3. The molecule has 3 rings (SSSR count). The van der Waals surface area contributed by atoms with Crippen molar-refractivity contribution in [2.45, 2.75) is 112 Å². The number of benzene rings is 1. The average molecular weight is 483 g/mol. The SMILES string of the molecule is CC(=O)CC1CCCC1.CCCC(CC1CC(=O)c2c(C)cccc2C1)C(CC)C(=O)CC(C)=O. The van der Waals surface area contributed by atoms with E-state index in [1.54, 1.807) is 6.92 Å². The van der Waals surface area contributed by atoms with Gasteiger partial charge in [0.2, 0.25) is 0 Å². The molecule has 2 aliphatic rings. The summed E-state index contributed by atoms with van der Waals surface area (Å²) in [4.78, 5) is 47.2. The molecule has 4 nitrogen and oxygen atoms in total. The van der Waals surface area contributed by atoms with Gasteiger partial charge in [0, 0.05) is 24.3 Å². The molecule has 2 aliphatic carbocycles. The fourth-order valence-electron chi connectivity index (χ4n) is 6.32. The number of fused-ring (bicyclic) bond motifs is 1. The number of hydrogen-bond acceptors (Lipinski definition) is 4. The molecular formula is C31H46O4. The van der Waals surface area contributed by atoms with Gasteiger partial charge in [-0.3, -0.25) is 14.4 Å². The second-order valence-corrected chi connectivity index (χ2v) is 11.0. The van der Waals surface area contributed by atoms with Crippen molar-refractivity contribution >= 4 is 23.1 Å². The van der Waals surface area contributed by atoms with E-state index in [-0.39, 0.29) is 35.6 Å². The minimum Gasteiger partial charge on any atom is -0.300 e. The Morgan fingerprint density at radius 2 is 1.66 bits per heavy atom. The molecule has 0 heterocycles. The Balaban J connectivity index is 0.000000402. The maximum atomic E-state index is 12.7. The molecule has 3 unspecified atom stereocenters. The maximum Gasteiger partial charge on any atom is 0.163 e. The summed E-state index contributed by atoms with van der Waals surface area (Å²) in [7, 11) is 0. The smallest absolute Gasteiger partial charge is 0.163 e. The van der Waals surface area contributed by atoms with Crippen LogP contribution in [-0.2, 0) is 20.8 Å². The summed E-state index contributed by atoms with van der Waals surface area (Å²) in [6.45, 7) is 9.36. The van der Waals surface area contributed by atoms with E-state index in [1.807, 2.05) is 26.0 Å². The highest BCUT2D eigenvalue weighted by molar-refractivity contribution is 6.00. The lowest BCUT2D eigenvalue weighted by molar-refractivity contribution is -0.130. The molecule has 1 fully saturated rings. The van der Waals surface area contributed by atoms with Gasteiger partial charge in [0.05, 0.1) is 6.42 Å². The quantitative estimate of drug-likeness (QED) is 0.311. The van der Waals surface area contributed by atoms with E-state index in [2.05, 4.69) is 13.0 Å². The molecule has 0 bridgehead atoms. The molecular weight excluding hydrogens is 436 g/mol. The van der Waals surface area contributed by atoms with Gasteiger partial charge < -0.3 is 4.79 Å². The summed E-state index contributed by atoms with van der Waals surface area (Å²) in [6.07, 6.45) is 11.3. The van der Waals surface area contributed by atoms with Crippen molar-refractivity contribution in [1.82, 2.24) is 0 Å². The lowest BCUT2D eigenvalue weighted by atomic mass is 9.72. The fraction of sp³-hybridized carbons (Fsp3) is 0.677. The summed E-state index contributed by atoms with van der Waals surface area (Å²) in [5, 5.41) is 0. The van der Waals surface area contributed by atoms with Crippen molar-refractivity contribution in [3.8, 4) is 0 Å². The number of ketones is 4. The molecule has 1 saturated carbocycles. The predicted molar refractivity (Wildman–Crippen MR) is 142 cm³/mol. The van der Waals surface area contributed by atoms with Crippen molar-refractivity contribution in [1.29, 1.82) is 0 Å². The molecule has 4 heteroatoms. The fourth-order valence-corrected chi connectivity index (χ4v) is 6.32. The minimum atomic E-state index is -0.0622. The zero-order valence-electron chi connectivity index (χ0n) is 22.7. The van der Waals surface area contributed by atoms with E-state index in [9.17, 15) is 19.2 Å². The molecule has 1 aromatic carbocycles. The van der Waals surface area contributed by atoms with Gasteiger partial charge in [0.15, 0.2) is 5.78 Å². The van der Waals surface area contributed by atoms with Crippen LogP contribution in [0.4, 0.5) is 0 Å². The Hall–Kier alpha value is -2.10. The Kier molecular flexibility index (Phi) is 12.0. The lowest BCUT2D eigenvalue weighted by Gasteiger charge is -2.31. The maximum absolute atomic E-state index is 12.7. The summed E-state index contributed by atoms with van der Waals surface area (Å²) < 4.78 is 0. The third-order valence-electron chi connectivity index (χ3n) is 7.81. The van der Waals surface area contributed by atoms with Gasteiger partial charge in [-0.25, -0.2) is 0 Å². The third kappa shape index (κ3) is 9.13. The number of aryl methyl sites for hydroxylation is 1. The molecule has 35 heavy (non-hydrogen) atoms. The van der Waals surface area contributed by atoms with Crippen molar-refractivity contribution in [2.75, 3.05) is 0 Å². The first-order valence-electron chi connectivity index (χ1n) is 13.8. The molecule has 0 amide bonds. The van der Waals surface area contributed by atoms with E-state index in [0.717, 1.165) is 61.1 Å². The second kappa shape index (κ2) is 14.5. The Labute approximate surface area is 212 Å². The number of carbonyl (C=O) groups is 4. The highest BCUT2D eigenvalue weighted by atomic mass is 16.1. The molecule has 1 aromatic rings. The zero-order chi connectivity index (χ0) is 26.0. The van der Waals surface area contributed by atoms with Crippen LogP contribution in [0.1, 0.15) is 120 Å². The third-order valence-corrected chi connectivity index (χ3v) is 7.81. The van der Waals surface area contributed by atoms with Gasteiger partial charge in [-0.15, -0.1) is 0 Å². The lowest BCUT2D eigenvalue weighted by Crippen LogP contribution is -2.29. The van der Waals surface area contributed by atoms with Gasteiger partial charge in [-0.2, -0.15) is 0 Å². The summed E-state index contributed by atoms with van der Waals surface area (Å²) in [5.74, 6) is 1.87. The predicted octanol–water partition coefficient (Wildman–Crippen LogP) is 7.28. The van der Waals surface area contributed by atoms with Crippen LogP contribution in [0.15, 0.2) is 18.2 Å². The Bertz CT molecular complexity index is 878. The van der Waals surface area contributed by atoms with Crippen LogP contribution in [0.5, 0.6) is 0 Å². The van der Waals surface area contributed by atoms with Crippen LogP contribution < -0.4 is 0 Å². The van der Waals surface area contributed by atoms with E-state index < -0.39 is 0 Å². The van der Waals surface area contributed by atoms with E-state index in [1.165, 1.54) is 32.6 Å². The van der Waals surface area contributed by atoms with E-state index in [0.29, 0.717) is 18.1 Å². The van der Waals surface area contributed by atoms with Crippen LogP contribution in [0.2, 0.25) is 0 Å². The van der Waals surface area contributed by atoms with Crippen LogP contribution in [0, 0.1) is 30.6 Å². The molecule has 0 N–H and O–H groups in total. The molecule has 0 aromatic heterocycles. The molecule has 3 atom stereocenters. The monoisotopic (exact) mass is 482 g/mol.